The third kappa shape index (κ3) is 3.85. The third-order valence-corrected chi connectivity index (χ3v) is 4.07. The van der Waals surface area contributed by atoms with Crippen molar-refractivity contribution in [3.05, 3.63) is 64.2 Å². The number of hydrogen-bond acceptors (Lipinski definition) is 5. The number of benzene rings is 2. The number of carboxylic acid groups (broad SMARTS) is 2. The topological polar surface area (TPSA) is 132 Å². The molecule has 0 aromatic heterocycles. The molecule has 3 N–H and O–H groups in total. The molecule has 0 unspecified atom stereocenters. The molecule has 3 rings (SSSR count). The van der Waals surface area contributed by atoms with Crippen LogP contribution in [0.25, 0.3) is 0 Å². The zero-order valence-electron chi connectivity index (χ0n) is 15.4. The zero-order chi connectivity index (χ0) is 21.5. The number of amides is 2. The van der Waals surface area contributed by atoms with Gasteiger partial charge >= 0.3 is 11.9 Å². The number of hydrogen-bond donors (Lipinski definition) is 3. The van der Waals surface area contributed by atoms with Gasteiger partial charge in [0.25, 0.3) is 11.8 Å². The second-order valence-electron chi connectivity index (χ2n) is 6.89. The van der Waals surface area contributed by atoms with Crippen molar-refractivity contribution in [2.75, 3.05) is 4.90 Å². The minimum atomic E-state index is -1.39. The highest BCUT2D eigenvalue weighted by molar-refractivity contribution is 6.34. The fourth-order valence-corrected chi connectivity index (χ4v) is 2.77. The van der Waals surface area contributed by atoms with Crippen LogP contribution in [0.5, 0.6) is 0 Å². The van der Waals surface area contributed by atoms with Crippen molar-refractivity contribution in [3.63, 3.8) is 0 Å². The lowest BCUT2D eigenvalue weighted by Crippen LogP contribution is -2.29. The quantitative estimate of drug-likeness (QED) is 0.537. The van der Waals surface area contributed by atoms with Crippen LogP contribution in [0.1, 0.15) is 60.8 Å². The van der Waals surface area contributed by atoms with E-state index < -0.39 is 29.4 Å². The summed E-state index contributed by atoms with van der Waals surface area (Å²) >= 11 is 0. The van der Waals surface area contributed by atoms with Crippen LogP contribution in [0, 0.1) is 11.8 Å². The average molecular weight is 393 g/mol. The molecule has 2 aromatic carbocycles. The number of carboxylic acids is 2. The van der Waals surface area contributed by atoms with Gasteiger partial charge in [0.05, 0.1) is 27.9 Å². The van der Waals surface area contributed by atoms with Gasteiger partial charge in [-0.2, -0.15) is 0 Å². The predicted octanol–water partition coefficient (Wildman–Crippen LogP) is 2.01. The summed E-state index contributed by atoms with van der Waals surface area (Å²) < 4.78 is 0. The molecule has 2 aromatic rings. The smallest absolute Gasteiger partial charge is 0.335 e. The second-order valence-corrected chi connectivity index (χ2v) is 6.89. The van der Waals surface area contributed by atoms with Crippen LogP contribution in [0.2, 0.25) is 0 Å². The maximum absolute atomic E-state index is 12.8. The SMILES string of the molecule is CC(C)(O)C#Cc1ccc2c(c1)C(=O)N(c1cc(C(=O)O)cc(C(=O)O)c1)C2=O. The first-order valence-corrected chi connectivity index (χ1v) is 8.38. The van der Waals surface area contributed by atoms with E-state index in [0.29, 0.717) is 5.56 Å². The van der Waals surface area contributed by atoms with Crippen LogP contribution >= 0.6 is 0 Å². The van der Waals surface area contributed by atoms with Gasteiger partial charge in [-0.25, -0.2) is 14.5 Å². The molecule has 0 aliphatic carbocycles. The predicted molar refractivity (Wildman–Crippen MR) is 101 cm³/mol. The molecule has 0 saturated carbocycles. The van der Waals surface area contributed by atoms with Gasteiger partial charge in [-0.1, -0.05) is 11.8 Å². The lowest BCUT2D eigenvalue weighted by atomic mass is 10.0. The normalized spacial score (nSPS) is 13.0. The number of rotatable bonds is 3. The molecule has 1 aliphatic rings. The highest BCUT2D eigenvalue weighted by Crippen LogP contribution is 2.30. The van der Waals surface area contributed by atoms with E-state index in [1.165, 1.54) is 32.0 Å². The van der Waals surface area contributed by atoms with Crippen molar-refractivity contribution in [1.29, 1.82) is 0 Å². The van der Waals surface area contributed by atoms with Gasteiger partial charge in [0.2, 0.25) is 0 Å². The fraction of sp³-hybridized carbons (Fsp3) is 0.143. The van der Waals surface area contributed by atoms with E-state index in [2.05, 4.69) is 11.8 Å². The molecule has 0 fully saturated rings. The van der Waals surface area contributed by atoms with Gasteiger partial charge in [-0.3, -0.25) is 9.59 Å². The molecule has 0 bridgehead atoms. The van der Waals surface area contributed by atoms with Gasteiger partial charge in [0, 0.05) is 5.56 Å². The van der Waals surface area contributed by atoms with E-state index in [1.807, 2.05) is 0 Å². The minimum Gasteiger partial charge on any atom is -0.478 e. The Labute approximate surface area is 165 Å². The largest absolute Gasteiger partial charge is 0.478 e. The lowest BCUT2D eigenvalue weighted by Gasteiger charge is -2.15. The van der Waals surface area contributed by atoms with Crippen molar-refractivity contribution in [3.8, 4) is 11.8 Å². The maximum atomic E-state index is 12.8. The number of carbonyl (C=O) groups excluding carboxylic acids is 2. The molecule has 1 aliphatic heterocycles. The Hall–Kier alpha value is -3.96. The third-order valence-electron chi connectivity index (χ3n) is 4.07. The fourth-order valence-electron chi connectivity index (χ4n) is 2.77. The number of imide groups is 1. The van der Waals surface area contributed by atoms with Crippen molar-refractivity contribution in [2.24, 2.45) is 0 Å². The summed E-state index contributed by atoms with van der Waals surface area (Å²) in [4.78, 5) is 48.9. The first-order valence-electron chi connectivity index (χ1n) is 8.38. The molecule has 0 atom stereocenters. The molecule has 8 heteroatoms. The molecule has 2 amide bonds. The molecular formula is C21H15NO7. The van der Waals surface area contributed by atoms with Crippen LogP contribution in [0.15, 0.2) is 36.4 Å². The van der Waals surface area contributed by atoms with Crippen molar-refractivity contribution in [2.45, 2.75) is 19.4 Å². The number of carbonyl (C=O) groups is 4. The van der Waals surface area contributed by atoms with Crippen LogP contribution < -0.4 is 4.90 Å². The van der Waals surface area contributed by atoms with Crippen molar-refractivity contribution < 1.29 is 34.5 Å². The highest BCUT2D eigenvalue weighted by Gasteiger charge is 2.37. The average Bonchev–Trinajstić information content (AvgIpc) is 2.89. The monoisotopic (exact) mass is 393 g/mol. The summed E-state index contributed by atoms with van der Waals surface area (Å²) in [5.74, 6) is 1.10. The molecule has 146 valence electrons. The van der Waals surface area contributed by atoms with Gasteiger partial charge in [0.15, 0.2) is 0 Å². The van der Waals surface area contributed by atoms with E-state index in [1.54, 1.807) is 0 Å². The summed E-state index contributed by atoms with van der Waals surface area (Å²) in [6, 6.07) is 7.38. The van der Waals surface area contributed by atoms with E-state index in [0.717, 1.165) is 23.1 Å². The summed E-state index contributed by atoms with van der Waals surface area (Å²) in [6.07, 6.45) is 0. The molecule has 0 saturated heterocycles. The van der Waals surface area contributed by atoms with E-state index in [-0.39, 0.29) is 27.9 Å². The number of aliphatic hydroxyl groups is 1. The van der Waals surface area contributed by atoms with Gasteiger partial charge < -0.3 is 15.3 Å². The number of anilines is 1. The first-order chi connectivity index (χ1) is 13.5. The Morgan fingerprint density at radius 3 is 1.97 bits per heavy atom. The minimum absolute atomic E-state index is 0.0511. The lowest BCUT2D eigenvalue weighted by molar-refractivity contribution is 0.0695. The summed E-state index contributed by atoms with van der Waals surface area (Å²) in [7, 11) is 0. The number of fused-ring (bicyclic) bond motifs is 1. The van der Waals surface area contributed by atoms with E-state index >= 15 is 0 Å². The Kier molecular flexibility index (Phi) is 4.70. The zero-order valence-corrected chi connectivity index (χ0v) is 15.4. The number of aromatic carboxylic acids is 2. The Bertz CT molecular complexity index is 1110. The molecule has 1 heterocycles. The molecular weight excluding hydrogens is 378 g/mol. The van der Waals surface area contributed by atoms with Crippen LogP contribution in [0.4, 0.5) is 5.69 Å². The van der Waals surface area contributed by atoms with Gasteiger partial charge in [-0.05, 0) is 50.2 Å². The van der Waals surface area contributed by atoms with Crippen molar-refractivity contribution in [1.82, 2.24) is 0 Å². The Morgan fingerprint density at radius 1 is 0.897 bits per heavy atom. The standard InChI is InChI=1S/C21H15NO7/c1-21(2,29)6-5-11-3-4-15-16(7-11)18(24)22(17(15)23)14-9-12(19(25)26)8-13(10-14)20(27)28/h3-4,7-10,29H,1-2H3,(H,25,26)(H,27,28). The summed E-state index contributed by atoms with van der Waals surface area (Å²) in [6.45, 7) is 3.00. The summed E-state index contributed by atoms with van der Waals surface area (Å²) in [5.41, 5.74) is -1.59. The Balaban J connectivity index is 2.08. The molecule has 29 heavy (non-hydrogen) atoms. The highest BCUT2D eigenvalue weighted by atomic mass is 16.4. The van der Waals surface area contributed by atoms with Crippen LogP contribution in [-0.4, -0.2) is 44.7 Å². The van der Waals surface area contributed by atoms with Crippen LogP contribution in [-0.2, 0) is 0 Å². The Morgan fingerprint density at radius 2 is 1.45 bits per heavy atom. The molecule has 0 spiro atoms. The van der Waals surface area contributed by atoms with E-state index in [4.69, 9.17) is 0 Å². The first kappa shape index (κ1) is 19.8. The second kappa shape index (κ2) is 6.89. The van der Waals surface area contributed by atoms with Gasteiger partial charge in [-0.15, -0.1) is 0 Å². The van der Waals surface area contributed by atoms with Crippen LogP contribution in [0.3, 0.4) is 0 Å². The van der Waals surface area contributed by atoms with Crippen molar-refractivity contribution >= 4 is 29.4 Å². The summed E-state index contributed by atoms with van der Waals surface area (Å²) in [5, 5.41) is 28.1. The maximum Gasteiger partial charge on any atom is 0.335 e. The number of nitrogens with zero attached hydrogens (tertiary/aromatic N) is 1. The van der Waals surface area contributed by atoms with Gasteiger partial charge in [0.1, 0.15) is 5.60 Å². The molecule has 0 radical (unpaired) electrons. The van der Waals surface area contributed by atoms with E-state index in [9.17, 15) is 34.5 Å². The molecule has 8 nitrogen and oxygen atoms in total.